The van der Waals surface area contributed by atoms with Crippen LogP contribution in [0.25, 0.3) is 11.0 Å². The second-order valence-electron chi connectivity index (χ2n) is 9.09. The normalized spacial score (nSPS) is 22.7. The molecular formula is C26H32N2O11. The Bertz CT molecular complexity index is 1330. The number of hydrogen-bond donors (Lipinski definition) is 3. The molecule has 13 heteroatoms. The van der Waals surface area contributed by atoms with E-state index in [-0.39, 0.29) is 47.0 Å². The van der Waals surface area contributed by atoms with Gasteiger partial charge in [0.1, 0.15) is 42.0 Å². The standard InChI is InChI=1S/C26H32N2O11/c1-8-12-35-28-25(32)38-21-19(30)24(39-26(5,6)22(21)33-7)36-16-11-10-15-18(29)17(14(4)27-34-9-2)23(31)37-20(15)13(16)3/h1,10-11,19,21-22,24,29-30H,9,12H2,2-7H3,(H,28,32)/b27-14+. The number of carbonyl (C=O) groups is 1. The zero-order valence-corrected chi connectivity index (χ0v) is 22.5. The van der Waals surface area contributed by atoms with E-state index in [9.17, 15) is 19.8 Å². The van der Waals surface area contributed by atoms with Crippen molar-refractivity contribution in [1.29, 1.82) is 0 Å². The molecule has 0 saturated carbocycles. The van der Waals surface area contributed by atoms with Crippen molar-refractivity contribution in [3.05, 3.63) is 33.7 Å². The second-order valence-corrected chi connectivity index (χ2v) is 9.09. The minimum atomic E-state index is -1.52. The lowest BCUT2D eigenvalue weighted by Crippen LogP contribution is -2.65. The maximum absolute atomic E-state index is 12.7. The highest BCUT2D eigenvalue weighted by Gasteiger charge is 2.53. The van der Waals surface area contributed by atoms with E-state index in [1.54, 1.807) is 27.7 Å². The lowest BCUT2D eigenvalue weighted by Gasteiger charge is -2.47. The Morgan fingerprint density at radius 1 is 1.33 bits per heavy atom. The molecule has 2 aromatic rings. The molecule has 212 valence electrons. The molecule has 0 spiro atoms. The molecule has 0 radical (unpaired) electrons. The summed E-state index contributed by atoms with van der Waals surface area (Å²) in [7, 11) is 1.38. The van der Waals surface area contributed by atoms with Gasteiger partial charge in [0.25, 0.3) is 0 Å². The second kappa shape index (κ2) is 12.4. The van der Waals surface area contributed by atoms with Gasteiger partial charge in [0.05, 0.1) is 16.7 Å². The van der Waals surface area contributed by atoms with Gasteiger partial charge >= 0.3 is 11.7 Å². The summed E-state index contributed by atoms with van der Waals surface area (Å²) in [4.78, 5) is 34.7. The summed E-state index contributed by atoms with van der Waals surface area (Å²) in [6.45, 7) is 8.27. The van der Waals surface area contributed by atoms with Crippen LogP contribution in [0.15, 0.2) is 26.5 Å². The Morgan fingerprint density at radius 2 is 2.05 bits per heavy atom. The van der Waals surface area contributed by atoms with Crippen LogP contribution in [0.5, 0.6) is 11.5 Å². The third-order valence-corrected chi connectivity index (χ3v) is 6.01. The number of aliphatic hydroxyl groups excluding tert-OH is 1. The summed E-state index contributed by atoms with van der Waals surface area (Å²) in [5, 5.41) is 25.9. The molecule has 1 aliphatic rings. The fraction of sp³-hybridized carbons (Fsp3) is 0.500. The number of aromatic hydroxyl groups is 1. The largest absolute Gasteiger partial charge is 0.506 e. The zero-order valence-electron chi connectivity index (χ0n) is 22.5. The predicted molar refractivity (Wildman–Crippen MR) is 137 cm³/mol. The number of aliphatic hydroxyl groups is 1. The number of nitrogens with zero attached hydrogens (tertiary/aromatic N) is 1. The first-order valence-electron chi connectivity index (χ1n) is 12.0. The first-order valence-corrected chi connectivity index (χ1v) is 12.0. The minimum absolute atomic E-state index is 0.0557. The topological polar surface area (TPSA) is 168 Å². The molecule has 4 atom stereocenters. The molecule has 0 aliphatic carbocycles. The van der Waals surface area contributed by atoms with E-state index in [1.807, 2.05) is 5.48 Å². The molecule has 1 saturated heterocycles. The van der Waals surface area contributed by atoms with E-state index in [2.05, 4.69) is 11.1 Å². The van der Waals surface area contributed by atoms with Crippen LogP contribution in [0.4, 0.5) is 4.79 Å². The van der Waals surface area contributed by atoms with Crippen molar-refractivity contribution in [3.8, 4) is 23.8 Å². The number of benzene rings is 1. The average Bonchev–Trinajstić information content (AvgIpc) is 2.87. The Balaban J connectivity index is 1.94. The highest BCUT2D eigenvalue weighted by Crippen LogP contribution is 2.37. The summed E-state index contributed by atoms with van der Waals surface area (Å²) >= 11 is 0. The molecule has 2 heterocycles. The number of carbonyl (C=O) groups excluding carboxylic acids is 1. The highest BCUT2D eigenvalue weighted by atomic mass is 16.7. The lowest BCUT2D eigenvalue weighted by atomic mass is 9.89. The number of hydroxylamine groups is 1. The summed E-state index contributed by atoms with van der Waals surface area (Å²) in [6, 6.07) is 2.99. The maximum Gasteiger partial charge on any atom is 0.431 e. The number of aryl methyl sites for hydroxylation is 1. The maximum atomic E-state index is 12.7. The number of fused-ring (bicyclic) bond motifs is 1. The number of hydrogen-bond acceptors (Lipinski definition) is 12. The van der Waals surface area contributed by atoms with Gasteiger partial charge in [-0.25, -0.2) is 9.59 Å². The third kappa shape index (κ3) is 6.26. The van der Waals surface area contributed by atoms with Gasteiger partial charge in [-0.05, 0) is 46.8 Å². The Kier molecular flexibility index (Phi) is 9.41. The fourth-order valence-electron chi connectivity index (χ4n) is 4.24. The fourth-order valence-corrected chi connectivity index (χ4v) is 4.24. The van der Waals surface area contributed by atoms with Crippen LogP contribution in [0, 0.1) is 19.3 Å². The van der Waals surface area contributed by atoms with Crippen molar-refractivity contribution in [2.75, 3.05) is 20.3 Å². The van der Waals surface area contributed by atoms with E-state index in [1.165, 1.54) is 26.2 Å². The van der Waals surface area contributed by atoms with Gasteiger partial charge in [-0.1, -0.05) is 11.1 Å². The van der Waals surface area contributed by atoms with Crippen LogP contribution in [-0.4, -0.2) is 72.5 Å². The molecule has 39 heavy (non-hydrogen) atoms. The van der Waals surface area contributed by atoms with E-state index in [0.717, 1.165) is 0 Å². The predicted octanol–water partition coefficient (Wildman–Crippen LogP) is 2.12. The van der Waals surface area contributed by atoms with E-state index in [4.69, 9.17) is 39.5 Å². The Morgan fingerprint density at radius 3 is 2.69 bits per heavy atom. The van der Waals surface area contributed by atoms with Crippen molar-refractivity contribution < 1.29 is 48.0 Å². The minimum Gasteiger partial charge on any atom is -0.506 e. The zero-order chi connectivity index (χ0) is 28.9. The van der Waals surface area contributed by atoms with Crippen molar-refractivity contribution in [1.82, 2.24) is 5.48 Å². The van der Waals surface area contributed by atoms with Gasteiger partial charge in [-0.15, -0.1) is 6.42 Å². The average molecular weight is 549 g/mol. The molecule has 3 N–H and O–H groups in total. The number of terminal acetylenes is 1. The Hall–Kier alpha value is -3.83. The smallest absolute Gasteiger partial charge is 0.431 e. The van der Waals surface area contributed by atoms with Crippen LogP contribution in [0.1, 0.15) is 38.8 Å². The van der Waals surface area contributed by atoms with Crippen LogP contribution in [0.2, 0.25) is 0 Å². The highest BCUT2D eigenvalue weighted by molar-refractivity contribution is 6.04. The van der Waals surface area contributed by atoms with Gasteiger partial charge in [0, 0.05) is 12.7 Å². The van der Waals surface area contributed by atoms with Crippen molar-refractivity contribution >= 4 is 22.8 Å². The molecule has 4 unspecified atom stereocenters. The first-order chi connectivity index (χ1) is 18.5. The molecule has 1 fully saturated rings. The number of methoxy groups -OCH3 is 1. The van der Waals surface area contributed by atoms with Crippen molar-refractivity contribution in [2.24, 2.45) is 5.16 Å². The molecule has 1 aromatic carbocycles. The van der Waals surface area contributed by atoms with E-state index >= 15 is 0 Å². The summed E-state index contributed by atoms with van der Waals surface area (Å²) in [6.07, 6.45) is -0.911. The van der Waals surface area contributed by atoms with E-state index in [0.29, 0.717) is 5.56 Å². The van der Waals surface area contributed by atoms with Crippen molar-refractivity contribution in [3.63, 3.8) is 0 Å². The molecule has 13 nitrogen and oxygen atoms in total. The third-order valence-electron chi connectivity index (χ3n) is 6.01. The van der Waals surface area contributed by atoms with Crippen molar-refractivity contribution in [2.45, 2.75) is 64.8 Å². The number of amides is 1. The number of nitrogens with one attached hydrogen (secondary N) is 1. The number of ether oxygens (including phenoxy) is 4. The monoisotopic (exact) mass is 548 g/mol. The van der Waals surface area contributed by atoms with E-state index < -0.39 is 41.9 Å². The van der Waals surface area contributed by atoms with Crippen LogP contribution in [-0.2, 0) is 23.9 Å². The first kappa shape index (κ1) is 29.7. The summed E-state index contributed by atoms with van der Waals surface area (Å²) < 4.78 is 28.3. The SMILES string of the molecule is C#CCONC(=O)OC1C(O)C(Oc2ccc3c(O)c(/C(C)=N/OCC)c(=O)oc3c2C)OC(C)(C)C1OC. The van der Waals surface area contributed by atoms with Crippen LogP contribution >= 0.6 is 0 Å². The molecule has 1 aliphatic heterocycles. The molecule has 1 aromatic heterocycles. The van der Waals surface area contributed by atoms with Crippen LogP contribution < -0.4 is 15.8 Å². The van der Waals surface area contributed by atoms with Gasteiger partial charge in [0.15, 0.2) is 12.2 Å². The van der Waals surface area contributed by atoms with Gasteiger partial charge < -0.3 is 38.4 Å². The number of oxime groups is 1. The quantitative estimate of drug-likeness (QED) is 0.138. The van der Waals surface area contributed by atoms with Gasteiger partial charge in [-0.3, -0.25) is 4.84 Å². The molecule has 0 bridgehead atoms. The van der Waals surface area contributed by atoms with Crippen LogP contribution in [0.3, 0.4) is 0 Å². The number of rotatable bonds is 9. The summed E-state index contributed by atoms with van der Waals surface area (Å²) in [5.74, 6) is 2.03. The lowest BCUT2D eigenvalue weighted by molar-refractivity contribution is -0.305. The van der Waals surface area contributed by atoms with Gasteiger partial charge in [0.2, 0.25) is 6.29 Å². The van der Waals surface area contributed by atoms with Gasteiger partial charge in [-0.2, -0.15) is 5.48 Å². The Labute approximate surface area is 224 Å². The molecular weight excluding hydrogens is 516 g/mol. The molecule has 1 amide bonds. The molecule has 3 rings (SSSR count). The summed E-state index contributed by atoms with van der Waals surface area (Å²) in [5.41, 5.74) is 0.509.